The van der Waals surface area contributed by atoms with E-state index in [1.807, 2.05) is 23.6 Å². The molecule has 0 aliphatic rings. The average Bonchev–Trinajstić information content (AvgIpc) is 3.15. The van der Waals surface area contributed by atoms with Crippen LogP contribution in [0.5, 0.6) is 11.5 Å². The van der Waals surface area contributed by atoms with Crippen molar-refractivity contribution in [2.45, 2.75) is 0 Å². The summed E-state index contributed by atoms with van der Waals surface area (Å²) in [7, 11) is 1.59. The number of anilines is 1. The Hall–Kier alpha value is -2.98. The van der Waals surface area contributed by atoms with E-state index >= 15 is 0 Å². The molecule has 28 heavy (non-hydrogen) atoms. The van der Waals surface area contributed by atoms with E-state index in [1.165, 1.54) is 29.5 Å². The first-order valence-electron chi connectivity index (χ1n) is 7.93. The molecule has 144 valence electrons. The quantitative estimate of drug-likeness (QED) is 0.408. The Labute approximate surface area is 172 Å². The van der Waals surface area contributed by atoms with Gasteiger partial charge in [0.1, 0.15) is 5.75 Å². The number of nitrogens with zero attached hydrogens (tertiary/aromatic N) is 2. The molecule has 0 atom stereocenters. The largest absolute Gasteiger partial charge is 0.496 e. The number of carbonyl (C=O) groups excluding carboxylic acids is 1. The second kappa shape index (κ2) is 8.81. The van der Waals surface area contributed by atoms with Crippen molar-refractivity contribution in [3.05, 3.63) is 62.4 Å². The maximum atomic E-state index is 12.1. The first-order valence-corrected chi connectivity index (χ1v) is 9.60. The smallest absolute Gasteiger partial charge is 0.310 e. The number of hydrogen-bond acceptors (Lipinski definition) is 7. The number of thiazole rings is 1. The zero-order valence-corrected chi connectivity index (χ0v) is 17.0. The molecular weight excluding hydrogens is 450 g/mol. The fourth-order valence-electron chi connectivity index (χ4n) is 2.32. The van der Waals surface area contributed by atoms with Crippen molar-refractivity contribution in [1.82, 2.24) is 4.98 Å². The molecule has 10 heteroatoms. The molecule has 0 spiro atoms. The van der Waals surface area contributed by atoms with Gasteiger partial charge < -0.3 is 9.47 Å². The first kappa shape index (κ1) is 19.8. The number of rotatable bonds is 7. The number of methoxy groups -OCH3 is 1. The Bertz CT molecular complexity index is 1020. The number of ether oxygens (including phenoxy) is 2. The van der Waals surface area contributed by atoms with Gasteiger partial charge in [-0.1, -0.05) is 12.1 Å². The number of nitrogens with one attached hydrogen (secondary N) is 1. The topological polar surface area (TPSA) is 104 Å². The molecule has 2 aromatic carbocycles. The maximum absolute atomic E-state index is 12.1. The molecule has 0 saturated carbocycles. The van der Waals surface area contributed by atoms with Crippen LogP contribution in [0.1, 0.15) is 0 Å². The number of carbonyl (C=O) groups is 1. The summed E-state index contributed by atoms with van der Waals surface area (Å²) in [5, 5.41) is 15.8. The van der Waals surface area contributed by atoms with Gasteiger partial charge >= 0.3 is 5.69 Å². The summed E-state index contributed by atoms with van der Waals surface area (Å²) in [5.41, 5.74) is 1.36. The van der Waals surface area contributed by atoms with Crippen LogP contribution in [-0.4, -0.2) is 29.5 Å². The second-order valence-corrected chi connectivity index (χ2v) is 7.16. The molecule has 0 aliphatic carbocycles. The van der Waals surface area contributed by atoms with Crippen molar-refractivity contribution in [2.75, 3.05) is 19.0 Å². The summed E-state index contributed by atoms with van der Waals surface area (Å²) in [4.78, 5) is 26.9. The number of hydrogen-bond donors (Lipinski definition) is 1. The number of halogens is 1. The third kappa shape index (κ3) is 4.65. The van der Waals surface area contributed by atoms with Gasteiger partial charge in [-0.05, 0) is 40.2 Å². The summed E-state index contributed by atoms with van der Waals surface area (Å²) in [6.45, 7) is -0.367. The highest BCUT2D eigenvalue weighted by atomic mass is 79.9. The van der Waals surface area contributed by atoms with E-state index in [4.69, 9.17) is 9.47 Å². The van der Waals surface area contributed by atoms with Crippen LogP contribution in [0.2, 0.25) is 0 Å². The second-order valence-electron chi connectivity index (χ2n) is 5.45. The van der Waals surface area contributed by atoms with Gasteiger partial charge in [-0.3, -0.25) is 20.2 Å². The molecule has 1 heterocycles. The van der Waals surface area contributed by atoms with E-state index in [2.05, 4.69) is 26.2 Å². The number of amides is 1. The van der Waals surface area contributed by atoms with Gasteiger partial charge in [-0.25, -0.2) is 4.98 Å². The normalized spacial score (nSPS) is 10.4. The molecule has 0 unspecified atom stereocenters. The minimum absolute atomic E-state index is 0.0329. The lowest BCUT2D eigenvalue weighted by atomic mass is 10.2. The summed E-state index contributed by atoms with van der Waals surface area (Å²) < 4.78 is 11.3. The summed E-state index contributed by atoms with van der Waals surface area (Å²) >= 11 is 4.69. The third-order valence-corrected chi connectivity index (χ3v) is 5.00. The van der Waals surface area contributed by atoms with Crippen LogP contribution in [-0.2, 0) is 4.79 Å². The van der Waals surface area contributed by atoms with Crippen LogP contribution < -0.4 is 14.8 Å². The predicted octanol–water partition coefficient (Wildman–Crippen LogP) is 4.51. The van der Waals surface area contributed by atoms with Crippen molar-refractivity contribution in [1.29, 1.82) is 0 Å². The SMILES string of the molecule is COc1ccc(-c2csc(NC(=O)COc3ccccc3[N+](=O)[O-])n2)cc1Br. The zero-order valence-electron chi connectivity index (χ0n) is 14.5. The minimum Gasteiger partial charge on any atom is -0.496 e. The van der Waals surface area contributed by atoms with Crippen LogP contribution >= 0.6 is 27.3 Å². The lowest BCUT2D eigenvalue weighted by molar-refractivity contribution is -0.385. The standard InChI is InChI=1S/C18H14BrN3O5S/c1-26-15-7-6-11(8-12(15)19)13-10-28-18(20-13)21-17(23)9-27-16-5-3-2-4-14(16)22(24)25/h2-8,10H,9H2,1H3,(H,20,21,23). The summed E-state index contributed by atoms with van der Waals surface area (Å²) in [5.74, 6) is 0.278. The number of nitro benzene ring substituents is 1. The molecule has 0 saturated heterocycles. The van der Waals surface area contributed by atoms with Crippen molar-refractivity contribution in [3.8, 4) is 22.8 Å². The van der Waals surface area contributed by atoms with Crippen LogP contribution in [0, 0.1) is 10.1 Å². The molecule has 0 aliphatic heterocycles. The van der Waals surface area contributed by atoms with Crippen LogP contribution in [0.15, 0.2) is 52.3 Å². The van der Waals surface area contributed by atoms with Crippen LogP contribution in [0.25, 0.3) is 11.3 Å². The van der Waals surface area contributed by atoms with Gasteiger partial charge in [0.25, 0.3) is 5.91 Å². The highest BCUT2D eigenvalue weighted by molar-refractivity contribution is 9.10. The van der Waals surface area contributed by atoms with Crippen molar-refractivity contribution < 1.29 is 19.2 Å². The van der Waals surface area contributed by atoms with Gasteiger partial charge in [0.15, 0.2) is 17.5 Å². The Morgan fingerprint density at radius 1 is 1.29 bits per heavy atom. The number of nitro groups is 1. The lowest BCUT2D eigenvalue weighted by Crippen LogP contribution is -2.20. The average molecular weight is 464 g/mol. The Morgan fingerprint density at radius 3 is 2.79 bits per heavy atom. The molecule has 1 amide bonds. The van der Waals surface area contributed by atoms with Gasteiger partial charge in [-0.15, -0.1) is 11.3 Å². The third-order valence-electron chi connectivity index (χ3n) is 3.62. The Kier molecular flexibility index (Phi) is 6.22. The van der Waals surface area contributed by atoms with Gasteiger partial charge in [0.05, 0.1) is 22.2 Å². The van der Waals surface area contributed by atoms with Crippen molar-refractivity contribution in [3.63, 3.8) is 0 Å². The van der Waals surface area contributed by atoms with Gasteiger partial charge in [0, 0.05) is 17.0 Å². The molecule has 3 rings (SSSR count). The summed E-state index contributed by atoms with van der Waals surface area (Å²) in [6.07, 6.45) is 0. The monoisotopic (exact) mass is 463 g/mol. The molecule has 0 fully saturated rings. The van der Waals surface area contributed by atoms with E-state index in [1.54, 1.807) is 13.2 Å². The number of para-hydroxylation sites is 2. The van der Waals surface area contributed by atoms with Crippen molar-refractivity contribution in [2.24, 2.45) is 0 Å². The minimum atomic E-state index is -0.562. The number of aromatic nitrogens is 1. The van der Waals surface area contributed by atoms with E-state index in [0.717, 1.165) is 10.0 Å². The fraction of sp³-hybridized carbons (Fsp3) is 0.111. The van der Waals surface area contributed by atoms with Crippen LogP contribution in [0.4, 0.5) is 10.8 Å². The first-order chi connectivity index (χ1) is 13.5. The molecule has 0 bridgehead atoms. The molecular formula is C18H14BrN3O5S. The maximum Gasteiger partial charge on any atom is 0.310 e. The summed E-state index contributed by atoms with van der Waals surface area (Å²) in [6, 6.07) is 11.4. The van der Waals surface area contributed by atoms with Gasteiger partial charge in [0.2, 0.25) is 0 Å². The van der Waals surface area contributed by atoms with Crippen molar-refractivity contribution >= 4 is 44.0 Å². The number of benzene rings is 2. The molecule has 8 nitrogen and oxygen atoms in total. The fourth-order valence-corrected chi connectivity index (χ4v) is 3.59. The zero-order chi connectivity index (χ0) is 20.1. The van der Waals surface area contributed by atoms with E-state index < -0.39 is 10.8 Å². The Morgan fingerprint density at radius 2 is 2.07 bits per heavy atom. The lowest BCUT2D eigenvalue weighted by Gasteiger charge is -2.06. The highest BCUT2D eigenvalue weighted by Gasteiger charge is 2.16. The molecule has 3 aromatic rings. The van der Waals surface area contributed by atoms with E-state index in [-0.39, 0.29) is 18.0 Å². The molecule has 1 aromatic heterocycles. The Balaban J connectivity index is 1.63. The highest BCUT2D eigenvalue weighted by Crippen LogP contribution is 2.32. The van der Waals surface area contributed by atoms with Gasteiger partial charge in [-0.2, -0.15) is 0 Å². The van der Waals surface area contributed by atoms with E-state index in [9.17, 15) is 14.9 Å². The van der Waals surface area contributed by atoms with E-state index in [0.29, 0.717) is 16.6 Å². The predicted molar refractivity (Wildman–Crippen MR) is 109 cm³/mol. The molecule has 1 N–H and O–H groups in total. The molecule has 0 radical (unpaired) electrons. The van der Waals surface area contributed by atoms with Crippen LogP contribution in [0.3, 0.4) is 0 Å².